The zero-order chi connectivity index (χ0) is 12.1. The van der Waals surface area contributed by atoms with Crippen LogP contribution in [0.5, 0.6) is 0 Å². The molecule has 0 spiro atoms. The van der Waals surface area contributed by atoms with Gasteiger partial charge in [-0.25, -0.2) is 14.5 Å². The first kappa shape index (κ1) is 12.7. The summed E-state index contributed by atoms with van der Waals surface area (Å²) >= 11 is 0. The van der Waals surface area contributed by atoms with Crippen molar-refractivity contribution in [2.75, 3.05) is 0 Å². The lowest BCUT2D eigenvalue weighted by Gasteiger charge is -2.13. The molecule has 0 bridgehead atoms. The molecule has 1 aromatic heterocycles. The molecule has 5 nitrogen and oxygen atoms in total. The fourth-order valence-corrected chi connectivity index (χ4v) is 1.67. The van der Waals surface area contributed by atoms with Crippen molar-refractivity contribution >= 4 is 5.97 Å². The number of hydrogen-bond donors (Lipinski definition) is 1. The van der Waals surface area contributed by atoms with Crippen LogP contribution >= 0.6 is 0 Å². The molecule has 0 aliphatic rings. The Bertz CT molecular complexity index is 360. The van der Waals surface area contributed by atoms with Crippen LogP contribution in [0.15, 0.2) is 0 Å². The van der Waals surface area contributed by atoms with Gasteiger partial charge in [-0.3, -0.25) is 0 Å². The summed E-state index contributed by atoms with van der Waals surface area (Å²) in [5.74, 6) is 0.654. The summed E-state index contributed by atoms with van der Waals surface area (Å²) in [7, 11) is 0. The maximum absolute atomic E-state index is 11.2. The molecule has 0 saturated carbocycles. The second-order valence-corrected chi connectivity index (χ2v) is 3.74. The molecule has 1 unspecified atom stereocenters. The molecule has 0 radical (unpaired) electrons. The van der Waals surface area contributed by atoms with Gasteiger partial charge in [0.2, 0.25) is 0 Å². The van der Waals surface area contributed by atoms with Crippen LogP contribution in [0.1, 0.15) is 51.3 Å². The minimum atomic E-state index is -0.830. The van der Waals surface area contributed by atoms with Crippen molar-refractivity contribution in [3.05, 3.63) is 11.6 Å². The fourth-order valence-electron chi connectivity index (χ4n) is 1.67. The number of aryl methyl sites for hydroxylation is 2. The van der Waals surface area contributed by atoms with Crippen LogP contribution in [0.25, 0.3) is 0 Å². The number of nitrogens with zero attached hydrogens (tertiary/aromatic N) is 3. The second-order valence-electron chi connectivity index (χ2n) is 3.74. The topological polar surface area (TPSA) is 68.0 Å². The highest BCUT2D eigenvalue weighted by Gasteiger charge is 2.23. The standard InChI is InChI=1S/C11H19N3O2/c1-4-7-8(11(15)16)14-10(6-3)12-9(5-2)13-14/h8H,4-7H2,1-3H3,(H,15,16). The van der Waals surface area contributed by atoms with E-state index in [9.17, 15) is 9.90 Å². The van der Waals surface area contributed by atoms with Gasteiger partial charge in [-0.15, -0.1) is 0 Å². The van der Waals surface area contributed by atoms with Crippen molar-refractivity contribution in [1.82, 2.24) is 14.8 Å². The zero-order valence-electron chi connectivity index (χ0n) is 10.1. The van der Waals surface area contributed by atoms with Crippen LogP contribution < -0.4 is 0 Å². The molecule has 1 aromatic rings. The van der Waals surface area contributed by atoms with Crippen LogP contribution in [0, 0.1) is 0 Å². The number of carbonyl (C=O) groups is 1. The van der Waals surface area contributed by atoms with Crippen molar-refractivity contribution < 1.29 is 9.90 Å². The molecule has 0 aromatic carbocycles. The molecule has 5 heteroatoms. The summed E-state index contributed by atoms with van der Waals surface area (Å²) in [5, 5.41) is 13.4. The molecule has 0 aliphatic carbocycles. The molecule has 1 atom stereocenters. The molecular formula is C11H19N3O2. The predicted octanol–water partition coefficient (Wildman–Crippen LogP) is 1.83. The van der Waals surface area contributed by atoms with Crippen molar-refractivity contribution in [3.8, 4) is 0 Å². The van der Waals surface area contributed by atoms with Crippen molar-refractivity contribution in [2.45, 2.75) is 52.5 Å². The van der Waals surface area contributed by atoms with Gasteiger partial charge in [0.25, 0.3) is 0 Å². The third-order valence-corrected chi connectivity index (χ3v) is 2.52. The molecule has 1 rings (SSSR count). The lowest BCUT2D eigenvalue weighted by molar-refractivity contribution is -0.141. The van der Waals surface area contributed by atoms with E-state index in [2.05, 4.69) is 10.1 Å². The number of aromatic nitrogens is 3. The highest BCUT2D eigenvalue weighted by molar-refractivity contribution is 5.71. The summed E-state index contributed by atoms with van der Waals surface area (Å²) in [6.07, 6.45) is 2.86. The van der Waals surface area contributed by atoms with Crippen LogP contribution in [0.2, 0.25) is 0 Å². The maximum atomic E-state index is 11.2. The molecule has 16 heavy (non-hydrogen) atoms. The van der Waals surface area contributed by atoms with Crippen LogP contribution in [-0.4, -0.2) is 25.8 Å². The van der Waals surface area contributed by atoms with Gasteiger partial charge in [0.15, 0.2) is 11.9 Å². The Morgan fingerprint density at radius 2 is 2.06 bits per heavy atom. The largest absolute Gasteiger partial charge is 0.480 e. The number of aliphatic carboxylic acids is 1. The van der Waals surface area contributed by atoms with E-state index in [0.29, 0.717) is 12.8 Å². The molecule has 90 valence electrons. The molecular weight excluding hydrogens is 206 g/mol. The molecule has 0 aliphatic heterocycles. The van der Waals surface area contributed by atoms with Gasteiger partial charge in [0, 0.05) is 12.8 Å². The lowest BCUT2D eigenvalue weighted by Crippen LogP contribution is -2.22. The SMILES string of the molecule is CCCC(C(=O)O)n1nc(CC)nc1CC. The zero-order valence-corrected chi connectivity index (χ0v) is 10.1. The highest BCUT2D eigenvalue weighted by atomic mass is 16.4. The predicted molar refractivity (Wildman–Crippen MR) is 60.4 cm³/mol. The Kier molecular flexibility index (Phi) is 4.46. The van der Waals surface area contributed by atoms with E-state index in [1.165, 1.54) is 0 Å². The van der Waals surface area contributed by atoms with Gasteiger partial charge < -0.3 is 5.11 Å². The van der Waals surface area contributed by atoms with E-state index in [4.69, 9.17) is 0 Å². The Morgan fingerprint density at radius 3 is 2.50 bits per heavy atom. The Morgan fingerprint density at radius 1 is 1.38 bits per heavy atom. The second kappa shape index (κ2) is 5.63. The summed E-state index contributed by atoms with van der Waals surface area (Å²) in [5.41, 5.74) is 0. The molecule has 1 heterocycles. The van der Waals surface area contributed by atoms with E-state index < -0.39 is 12.0 Å². The Balaban J connectivity index is 3.06. The van der Waals surface area contributed by atoms with Gasteiger partial charge in [-0.1, -0.05) is 27.2 Å². The van der Waals surface area contributed by atoms with Gasteiger partial charge in [0.05, 0.1) is 0 Å². The number of carboxylic acid groups (broad SMARTS) is 1. The van der Waals surface area contributed by atoms with Gasteiger partial charge in [-0.05, 0) is 6.42 Å². The summed E-state index contributed by atoms with van der Waals surface area (Å²) < 4.78 is 1.57. The monoisotopic (exact) mass is 225 g/mol. The summed E-state index contributed by atoms with van der Waals surface area (Å²) in [6.45, 7) is 5.90. The lowest BCUT2D eigenvalue weighted by atomic mass is 10.1. The highest BCUT2D eigenvalue weighted by Crippen LogP contribution is 2.16. The average Bonchev–Trinajstić information content (AvgIpc) is 2.68. The van der Waals surface area contributed by atoms with E-state index in [0.717, 1.165) is 24.5 Å². The molecule has 0 fully saturated rings. The minimum absolute atomic E-state index is 0.576. The molecule has 1 N–H and O–H groups in total. The van der Waals surface area contributed by atoms with E-state index in [1.807, 2.05) is 20.8 Å². The first-order valence-electron chi connectivity index (χ1n) is 5.81. The maximum Gasteiger partial charge on any atom is 0.328 e. The molecule has 0 amide bonds. The third-order valence-electron chi connectivity index (χ3n) is 2.52. The van der Waals surface area contributed by atoms with Crippen molar-refractivity contribution in [2.24, 2.45) is 0 Å². The average molecular weight is 225 g/mol. The third kappa shape index (κ3) is 2.59. The smallest absolute Gasteiger partial charge is 0.328 e. The van der Waals surface area contributed by atoms with Gasteiger partial charge in [0.1, 0.15) is 5.82 Å². The number of hydrogen-bond acceptors (Lipinski definition) is 3. The van der Waals surface area contributed by atoms with Crippen molar-refractivity contribution in [1.29, 1.82) is 0 Å². The van der Waals surface area contributed by atoms with E-state index in [-0.39, 0.29) is 0 Å². The van der Waals surface area contributed by atoms with Crippen molar-refractivity contribution in [3.63, 3.8) is 0 Å². The minimum Gasteiger partial charge on any atom is -0.480 e. The summed E-state index contributed by atoms with van der Waals surface area (Å²) in [6, 6.07) is -0.576. The Hall–Kier alpha value is -1.39. The first-order valence-corrected chi connectivity index (χ1v) is 5.81. The van der Waals surface area contributed by atoms with Crippen LogP contribution in [0.3, 0.4) is 0 Å². The summed E-state index contributed by atoms with van der Waals surface area (Å²) in [4.78, 5) is 15.5. The molecule has 0 saturated heterocycles. The number of rotatable bonds is 6. The van der Waals surface area contributed by atoms with E-state index in [1.54, 1.807) is 4.68 Å². The van der Waals surface area contributed by atoms with E-state index >= 15 is 0 Å². The quantitative estimate of drug-likeness (QED) is 0.802. The van der Waals surface area contributed by atoms with Gasteiger partial charge >= 0.3 is 5.97 Å². The van der Waals surface area contributed by atoms with Crippen LogP contribution in [0.4, 0.5) is 0 Å². The van der Waals surface area contributed by atoms with Crippen LogP contribution in [-0.2, 0) is 17.6 Å². The normalized spacial score (nSPS) is 12.7. The first-order chi connectivity index (χ1) is 7.63. The fraction of sp³-hybridized carbons (Fsp3) is 0.727. The number of carboxylic acids is 1. The van der Waals surface area contributed by atoms with Gasteiger partial charge in [-0.2, -0.15) is 5.10 Å². The Labute approximate surface area is 95.5 Å².